The average Bonchev–Trinajstić information content (AvgIpc) is 2.94. The van der Waals surface area contributed by atoms with E-state index in [1.165, 1.54) is 0 Å². The summed E-state index contributed by atoms with van der Waals surface area (Å²) >= 11 is 6.16. The van der Waals surface area contributed by atoms with E-state index in [2.05, 4.69) is 15.3 Å². The fraction of sp³-hybridized carbons (Fsp3) is 0.188. The Morgan fingerprint density at radius 1 is 1.30 bits per heavy atom. The third-order valence-electron chi connectivity index (χ3n) is 3.37. The van der Waals surface area contributed by atoms with Crippen LogP contribution in [0.2, 0.25) is 5.15 Å². The number of aromatic nitrogens is 2. The number of anilines is 2. The summed E-state index contributed by atoms with van der Waals surface area (Å²) in [4.78, 5) is 20.2. The topological polar surface area (TPSA) is 94.0 Å². The van der Waals surface area contributed by atoms with Gasteiger partial charge in [0.15, 0.2) is 16.7 Å². The van der Waals surface area contributed by atoms with Crippen LogP contribution in [0.4, 0.5) is 11.5 Å². The molecular formula is C16H15ClN4O2. The lowest BCUT2D eigenvalue weighted by atomic mass is 10.1. The number of furan rings is 1. The van der Waals surface area contributed by atoms with Crippen molar-refractivity contribution in [2.75, 3.05) is 5.32 Å². The van der Waals surface area contributed by atoms with Gasteiger partial charge in [0, 0.05) is 11.1 Å². The molecule has 3 N–H and O–H groups in total. The highest BCUT2D eigenvalue weighted by molar-refractivity contribution is 6.30. The Labute approximate surface area is 137 Å². The van der Waals surface area contributed by atoms with Crippen molar-refractivity contribution in [1.29, 1.82) is 0 Å². The number of primary amides is 1. The molecule has 0 saturated carbocycles. The Morgan fingerprint density at radius 3 is 2.78 bits per heavy atom. The second-order valence-corrected chi connectivity index (χ2v) is 5.77. The largest absolute Gasteiger partial charge is 0.464 e. The van der Waals surface area contributed by atoms with Crippen LogP contribution >= 0.6 is 11.6 Å². The fourth-order valence-electron chi connectivity index (χ4n) is 2.24. The van der Waals surface area contributed by atoms with Gasteiger partial charge < -0.3 is 15.5 Å². The van der Waals surface area contributed by atoms with Gasteiger partial charge in [-0.2, -0.15) is 0 Å². The monoisotopic (exact) mass is 330 g/mol. The molecule has 1 aromatic carbocycles. The summed E-state index contributed by atoms with van der Waals surface area (Å²) in [5.41, 5.74) is 7.52. The van der Waals surface area contributed by atoms with Gasteiger partial charge in [-0.3, -0.25) is 4.79 Å². The van der Waals surface area contributed by atoms with Gasteiger partial charge in [-0.05, 0) is 30.2 Å². The van der Waals surface area contributed by atoms with Gasteiger partial charge in [-0.15, -0.1) is 0 Å². The number of rotatable bonds is 4. The molecule has 7 heteroatoms. The third-order valence-corrected chi connectivity index (χ3v) is 3.65. The Hall–Kier alpha value is -2.60. The molecule has 118 valence electrons. The van der Waals surface area contributed by atoms with Crippen molar-refractivity contribution in [1.82, 2.24) is 9.97 Å². The maximum absolute atomic E-state index is 11.7. The molecule has 0 spiro atoms. The third kappa shape index (κ3) is 2.98. The van der Waals surface area contributed by atoms with Crippen LogP contribution in [-0.2, 0) is 0 Å². The zero-order chi connectivity index (χ0) is 16.6. The van der Waals surface area contributed by atoms with Crippen molar-refractivity contribution < 1.29 is 9.21 Å². The van der Waals surface area contributed by atoms with Crippen LogP contribution in [0.3, 0.4) is 0 Å². The van der Waals surface area contributed by atoms with Crippen molar-refractivity contribution in [2.45, 2.75) is 19.8 Å². The maximum Gasteiger partial charge on any atom is 0.271 e. The van der Waals surface area contributed by atoms with Gasteiger partial charge in [0.05, 0.1) is 12.0 Å². The van der Waals surface area contributed by atoms with Crippen molar-refractivity contribution in [2.24, 2.45) is 5.73 Å². The smallest absolute Gasteiger partial charge is 0.271 e. The lowest BCUT2D eigenvalue weighted by Gasteiger charge is -2.13. The minimum atomic E-state index is -0.664. The number of hydrogen-bond donors (Lipinski definition) is 2. The first kappa shape index (κ1) is 15.3. The number of carbonyl (C=O) groups excluding carboxylic acids is 1. The lowest BCUT2D eigenvalue weighted by Crippen LogP contribution is -2.18. The molecule has 0 unspecified atom stereocenters. The van der Waals surface area contributed by atoms with Crippen LogP contribution < -0.4 is 11.1 Å². The molecule has 0 radical (unpaired) electrons. The highest BCUT2D eigenvalue weighted by atomic mass is 35.5. The van der Waals surface area contributed by atoms with Crippen LogP contribution in [0.15, 0.2) is 34.9 Å². The zero-order valence-electron chi connectivity index (χ0n) is 12.6. The van der Waals surface area contributed by atoms with E-state index in [0.29, 0.717) is 5.69 Å². The highest BCUT2D eigenvalue weighted by Crippen LogP contribution is 2.27. The number of halogens is 1. The predicted molar refractivity (Wildman–Crippen MR) is 89.1 cm³/mol. The summed E-state index contributed by atoms with van der Waals surface area (Å²) in [6.45, 7) is 3.83. The highest BCUT2D eigenvalue weighted by Gasteiger charge is 2.18. The van der Waals surface area contributed by atoms with Crippen LogP contribution in [-0.4, -0.2) is 15.9 Å². The average molecular weight is 331 g/mol. The fourth-order valence-corrected chi connectivity index (χ4v) is 2.58. The maximum atomic E-state index is 11.7. The second kappa shape index (κ2) is 5.89. The molecule has 1 amide bonds. The summed E-state index contributed by atoms with van der Waals surface area (Å²) in [5, 5.41) is 4.21. The van der Waals surface area contributed by atoms with Gasteiger partial charge in [0.25, 0.3) is 5.91 Å². The normalized spacial score (nSPS) is 11.1. The molecule has 0 fully saturated rings. The van der Waals surface area contributed by atoms with E-state index in [0.717, 1.165) is 16.7 Å². The molecule has 0 aliphatic carbocycles. The number of amides is 1. The number of fused-ring (bicyclic) bond motifs is 1. The molecule has 3 rings (SSSR count). The molecule has 0 atom stereocenters. The van der Waals surface area contributed by atoms with E-state index in [4.69, 9.17) is 21.8 Å². The number of nitrogens with zero attached hydrogens (tertiary/aromatic N) is 2. The van der Waals surface area contributed by atoms with E-state index < -0.39 is 5.91 Å². The van der Waals surface area contributed by atoms with E-state index >= 15 is 0 Å². The Kier molecular flexibility index (Phi) is 3.92. The van der Waals surface area contributed by atoms with Gasteiger partial charge in [0.2, 0.25) is 0 Å². The molecule has 0 bridgehead atoms. The SMILES string of the molecule is CC(C)c1nc(C(N)=O)c(Nc2ccc3occc3c2)nc1Cl. The van der Waals surface area contributed by atoms with Crippen LogP contribution in [0.1, 0.15) is 35.9 Å². The quantitative estimate of drug-likeness (QED) is 0.757. The molecule has 23 heavy (non-hydrogen) atoms. The summed E-state index contributed by atoms with van der Waals surface area (Å²) < 4.78 is 5.30. The van der Waals surface area contributed by atoms with Crippen LogP contribution in [0.25, 0.3) is 11.0 Å². The first-order valence-corrected chi connectivity index (χ1v) is 7.45. The van der Waals surface area contributed by atoms with E-state index in [9.17, 15) is 4.79 Å². The van der Waals surface area contributed by atoms with Gasteiger partial charge in [-0.25, -0.2) is 9.97 Å². The molecule has 6 nitrogen and oxygen atoms in total. The van der Waals surface area contributed by atoms with Crippen molar-refractivity contribution in [3.8, 4) is 0 Å². The molecule has 0 saturated heterocycles. The van der Waals surface area contributed by atoms with E-state index in [-0.39, 0.29) is 22.6 Å². The number of nitrogens with one attached hydrogen (secondary N) is 1. The molecule has 2 heterocycles. The first-order valence-electron chi connectivity index (χ1n) is 7.07. The van der Waals surface area contributed by atoms with E-state index in [1.54, 1.807) is 6.26 Å². The van der Waals surface area contributed by atoms with Crippen LogP contribution in [0, 0.1) is 0 Å². The minimum absolute atomic E-state index is 0.0319. The van der Waals surface area contributed by atoms with Crippen LogP contribution in [0.5, 0.6) is 0 Å². The second-order valence-electron chi connectivity index (χ2n) is 5.41. The number of nitrogens with two attached hydrogens (primary N) is 1. The van der Waals surface area contributed by atoms with Gasteiger partial charge >= 0.3 is 0 Å². The van der Waals surface area contributed by atoms with Gasteiger partial charge in [-0.1, -0.05) is 25.4 Å². The Morgan fingerprint density at radius 2 is 2.09 bits per heavy atom. The van der Waals surface area contributed by atoms with Crippen molar-refractivity contribution in [3.63, 3.8) is 0 Å². The number of benzene rings is 1. The standard InChI is InChI=1S/C16H15ClN4O2/c1-8(2)12-14(17)21-16(13(20-12)15(18)22)19-10-3-4-11-9(7-10)5-6-23-11/h3-8H,1-2H3,(H2,18,22)(H,19,21). The molecule has 3 aromatic rings. The Bertz CT molecular complexity index is 889. The summed E-state index contributed by atoms with van der Waals surface area (Å²) in [6.07, 6.45) is 1.61. The molecule has 0 aliphatic heterocycles. The zero-order valence-corrected chi connectivity index (χ0v) is 13.4. The molecular weight excluding hydrogens is 316 g/mol. The van der Waals surface area contributed by atoms with Crippen molar-refractivity contribution >= 4 is 40.0 Å². The van der Waals surface area contributed by atoms with E-state index in [1.807, 2.05) is 38.1 Å². The molecule has 2 aromatic heterocycles. The number of carbonyl (C=O) groups is 1. The summed E-state index contributed by atoms with van der Waals surface area (Å²) in [7, 11) is 0. The summed E-state index contributed by atoms with van der Waals surface area (Å²) in [5.74, 6) is -0.401. The van der Waals surface area contributed by atoms with Gasteiger partial charge in [0.1, 0.15) is 5.58 Å². The lowest BCUT2D eigenvalue weighted by molar-refractivity contribution is 0.0996. The summed E-state index contributed by atoms with van der Waals surface area (Å²) in [6, 6.07) is 7.34. The minimum Gasteiger partial charge on any atom is -0.464 e. The molecule has 0 aliphatic rings. The first-order chi connectivity index (χ1) is 11.0. The predicted octanol–water partition coefficient (Wildman–Crippen LogP) is 3.84. The number of hydrogen-bond acceptors (Lipinski definition) is 5. The Balaban J connectivity index is 2.04. The van der Waals surface area contributed by atoms with Crippen molar-refractivity contribution in [3.05, 3.63) is 47.1 Å².